The first-order valence-electron chi connectivity index (χ1n) is 18.4. The molecule has 56 heavy (non-hydrogen) atoms. The van der Waals surface area contributed by atoms with Gasteiger partial charge in [0.05, 0.1) is 40.9 Å². The van der Waals surface area contributed by atoms with E-state index in [4.69, 9.17) is 22.0 Å². The molecule has 0 atom stereocenters. The van der Waals surface area contributed by atoms with Crippen molar-refractivity contribution in [3.05, 3.63) is 181 Å². The first-order chi connectivity index (χ1) is 27.7. The highest BCUT2D eigenvalue weighted by atomic mass is 16.3. The largest absolute Gasteiger partial charge is 0.456 e. The van der Waals surface area contributed by atoms with Crippen LogP contribution in [-0.4, -0.2) is 9.13 Å². The summed E-state index contributed by atoms with van der Waals surface area (Å²) in [5, 5.41) is 8.68. The van der Waals surface area contributed by atoms with E-state index in [0.717, 1.165) is 110 Å². The van der Waals surface area contributed by atoms with E-state index in [2.05, 4.69) is 104 Å². The van der Waals surface area contributed by atoms with Crippen molar-refractivity contribution in [1.82, 2.24) is 9.13 Å². The third-order valence-electron chi connectivity index (χ3n) is 11.3. The van der Waals surface area contributed by atoms with Crippen LogP contribution in [0.2, 0.25) is 0 Å². The molecular weight excluding hydrogens is 689 g/mol. The van der Waals surface area contributed by atoms with Gasteiger partial charge in [-0.15, -0.1) is 0 Å². The molecule has 0 aliphatic carbocycles. The second-order valence-corrected chi connectivity index (χ2v) is 14.3. The summed E-state index contributed by atoms with van der Waals surface area (Å²) in [5.41, 5.74) is 11.8. The number of fused-ring (bicyclic) bond motifs is 12. The van der Waals surface area contributed by atoms with Gasteiger partial charge in [-0.25, -0.2) is 9.69 Å². The topological polar surface area (TPSA) is 44.9 Å². The second-order valence-electron chi connectivity index (χ2n) is 14.3. The zero-order valence-corrected chi connectivity index (χ0v) is 29.6. The van der Waals surface area contributed by atoms with E-state index in [0.29, 0.717) is 11.4 Å². The van der Waals surface area contributed by atoms with Crippen LogP contribution in [0.15, 0.2) is 167 Å². The van der Waals surface area contributed by atoms with Crippen LogP contribution in [0.25, 0.3) is 120 Å². The van der Waals surface area contributed by atoms with Crippen molar-refractivity contribution in [3.63, 3.8) is 0 Å². The normalized spacial score (nSPS) is 11.9. The number of hydrogen-bond acceptors (Lipinski definition) is 2. The highest BCUT2D eigenvalue weighted by Gasteiger charge is 2.22. The molecule has 12 aromatic rings. The fourth-order valence-electron chi connectivity index (χ4n) is 8.88. The molecule has 4 heterocycles. The maximum Gasteiger partial charge on any atom is 0.210 e. The standard InChI is InChI=1S/C50H26N4O2/c1-51-30-20-21-31(43(24-30)53-41-15-7-3-11-32(41)36-25-38-34-13-5-9-17-47(34)55-49(38)27-44(36)53)29-19-22-40(52-2)46(23-29)54-42-16-8-4-12-33(42)37-26-39-35-14-6-10-18-48(35)56-50(39)28-45(37)54/h3-28H. The molecular formula is C50H26N4O2. The van der Waals surface area contributed by atoms with Gasteiger partial charge in [-0.2, -0.15) is 0 Å². The van der Waals surface area contributed by atoms with Crippen LogP contribution >= 0.6 is 0 Å². The van der Waals surface area contributed by atoms with E-state index in [1.165, 1.54) is 0 Å². The average molecular weight is 715 g/mol. The Morgan fingerprint density at radius 2 is 0.911 bits per heavy atom. The molecule has 12 rings (SSSR count). The van der Waals surface area contributed by atoms with Gasteiger partial charge in [0.1, 0.15) is 22.3 Å². The van der Waals surface area contributed by atoms with E-state index in [-0.39, 0.29) is 0 Å². The molecule has 0 spiro atoms. The summed E-state index contributed by atoms with van der Waals surface area (Å²) in [5.74, 6) is 0. The van der Waals surface area contributed by atoms with E-state index < -0.39 is 0 Å². The fraction of sp³-hybridized carbons (Fsp3) is 0. The Hall–Kier alpha value is -8.06. The molecule has 0 fully saturated rings. The minimum Gasteiger partial charge on any atom is -0.456 e. The summed E-state index contributed by atoms with van der Waals surface area (Å²) in [6.07, 6.45) is 0. The van der Waals surface area contributed by atoms with Crippen molar-refractivity contribution in [2.75, 3.05) is 0 Å². The number of para-hydroxylation sites is 4. The van der Waals surface area contributed by atoms with Gasteiger partial charge >= 0.3 is 0 Å². The summed E-state index contributed by atoms with van der Waals surface area (Å²) in [6.45, 7) is 16.3. The van der Waals surface area contributed by atoms with Crippen LogP contribution < -0.4 is 0 Å². The van der Waals surface area contributed by atoms with Crippen molar-refractivity contribution < 1.29 is 8.83 Å². The predicted molar refractivity (Wildman–Crippen MR) is 228 cm³/mol. The summed E-state index contributed by atoms with van der Waals surface area (Å²) in [6, 6.07) is 53.7. The van der Waals surface area contributed by atoms with E-state index in [1.807, 2.05) is 72.8 Å². The SMILES string of the molecule is [C-]#[N+]c1ccc(-c2ccc([N+]#[C-])c(-n3c4ccccc4c4cc5c(cc43)oc3ccccc35)c2)c(-n2c3ccccc3c3cc4c(cc32)oc2ccccc24)c1. The number of aromatic nitrogens is 2. The van der Waals surface area contributed by atoms with E-state index >= 15 is 0 Å². The van der Waals surface area contributed by atoms with E-state index in [9.17, 15) is 0 Å². The van der Waals surface area contributed by atoms with Crippen molar-refractivity contribution in [1.29, 1.82) is 0 Å². The monoisotopic (exact) mass is 714 g/mol. The molecule has 0 bridgehead atoms. The Balaban J connectivity index is 1.14. The number of benzene rings is 8. The Kier molecular flexibility index (Phi) is 6.10. The van der Waals surface area contributed by atoms with Crippen LogP contribution in [0.4, 0.5) is 11.4 Å². The highest BCUT2D eigenvalue weighted by molar-refractivity contribution is 6.19. The molecule has 0 unspecified atom stereocenters. The third-order valence-corrected chi connectivity index (χ3v) is 11.3. The minimum atomic E-state index is 0.532. The van der Waals surface area contributed by atoms with Gasteiger partial charge < -0.3 is 18.0 Å². The summed E-state index contributed by atoms with van der Waals surface area (Å²) in [7, 11) is 0. The molecule has 258 valence electrons. The van der Waals surface area contributed by atoms with Crippen molar-refractivity contribution in [3.8, 4) is 22.5 Å². The summed E-state index contributed by atoms with van der Waals surface area (Å²) in [4.78, 5) is 7.93. The molecule has 6 nitrogen and oxygen atoms in total. The Morgan fingerprint density at radius 1 is 0.375 bits per heavy atom. The van der Waals surface area contributed by atoms with Crippen LogP contribution in [0.5, 0.6) is 0 Å². The maximum atomic E-state index is 8.33. The lowest BCUT2D eigenvalue weighted by Crippen LogP contribution is -1.99. The van der Waals surface area contributed by atoms with Crippen LogP contribution in [0.3, 0.4) is 0 Å². The zero-order valence-electron chi connectivity index (χ0n) is 29.6. The lowest BCUT2D eigenvalue weighted by atomic mass is 10.0. The zero-order chi connectivity index (χ0) is 37.1. The van der Waals surface area contributed by atoms with Gasteiger partial charge in [0, 0.05) is 66.5 Å². The fourth-order valence-corrected chi connectivity index (χ4v) is 8.88. The Morgan fingerprint density at radius 3 is 1.48 bits per heavy atom. The molecule has 0 saturated heterocycles. The van der Waals surface area contributed by atoms with Crippen LogP contribution in [-0.2, 0) is 0 Å². The average Bonchev–Trinajstić information content (AvgIpc) is 3.98. The lowest BCUT2D eigenvalue weighted by Gasteiger charge is -2.17. The van der Waals surface area contributed by atoms with Gasteiger partial charge in [0.2, 0.25) is 5.69 Å². The summed E-state index contributed by atoms with van der Waals surface area (Å²) < 4.78 is 17.2. The van der Waals surface area contributed by atoms with Crippen molar-refractivity contribution in [2.45, 2.75) is 0 Å². The smallest absolute Gasteiger partial charge is 0.210 e. The Bertz CT molecular complexity index is 3750. The molecule has 0 amide bonds. The molecule has 4 aromatic heterocycles. The third kappa shape index (κ3) is 4.13. The van der Waals surface area contributed by atoms with Gasteiger partial charge in [0.15, 0.2) is 5.69 Å². The first-order valence-corrected chi connectivity index (χ1v) is 18.4. The predicted octanol–water partition coefficient (Wildman–Crippen LogP) is 14.4. The number of furan rings is 2. The maximum absolute atomic E-state index is 8.33. The van der Waals surface area contributed by atoms with Gasteiger partial charge in [0.25, 0.3) is 0 Å². The Labute approximate surface area is 318 Å². The van der Waals surface area contributed by atoms with Crippen LogP contribution in [0.1, 0.15) is 0 Å². The van der Waals surface area contributed by atoms with Crippen molar-refractivity contribution >= 4 is 98.9 Å². The van der Waals surface area contributed by atoms with E-state index in [1.54, 1.807) is 0 Å². The molecule has 0 radical (unpaired) electrons. The minimum absolute atomic E-state index is 0.532. The van der Waals surface area contributed by atoms with Crippen LogP contribution in [0, 0.1) is 13.1 Å². The number of nitrogens with zero attached hydrogens (tertiary/aromatic N) is 4. The highest BCUT2D eigenvalue weighted by Crippen LogP contribution is 2.44. The molecule has 8 aromatic carbocycles. The summed E-state index contributed by atoms with van der Waals surface area (Å²) >= 11 is 0. The number of rotatable bonds is 3. The lowest BCUT2D eigenvalue weighted by molar-refractivity contribution is 0.669. The first kappa shape index (κ1) is 30.4. The van der Waals surface area contributed by atoms with Crippen molar-refractivity contribution in [2.24, 2.45) is 0 Å². The quantitative estimate of drug-likeness (QED) is 0.171. The molecule has 0 aliphatic heterocycles. The number of hydrogen-bond donors (Lipinski definition) is 0. The van der Waals surface area contributed by atoms with Gasteiger partial charge in [-0.1, -0.05) is 97.1 Å². The molecule has 0 aliphatic rings. The second kappa shape index (κ2) is 11.2. The molecule has 6 heteroatoms. The van der Waals surface area contributed by atoms with Gasteiger partial charge in [-0.05, 0) is 54.1 Å². The molecule has 0 saturated carbocycles. The molecule has 0 N–H and O–H groups in total. The van der Waals surface area contributed by atoms with Gasteiger partial charge in [-0.3, -0.25) is 0 Å².